The van der Waals surface area contributed by atoms with Gasteiger partial charge >= 0.3 is 24.4 Å². The number of hydrogen-bond acceptors (Lipinski definition) is 26. The predicted molar refractivity (Wildman–Crippen MR) is 576 cm³/mol. The van der Waals surface area contributed by atoms with E-state index in [4.69, 9.17) is 32.6 Å². The number of aldehydes is 3. The summed E-state index contributed by atoms with van der Waals surface area (Å²) in [7, 11) is 0.901. The van der Waals surface area contributed by atoms with Crippen molar-refractivity contribution in [1.82, 2.24) is 9.44 Å². The number of aryl methyl sites for hydroxylation is 4. The Kier molecular flexibility index (Phi) is 59.2. The van der Waals surface area contributed by atoms with E-state index in [1.807, 2.05) is 88.0 Å². The largest absolute Gasteiger partial charge is 0.507 e. The van der Waals surface area contributed by atoms with Crippen LogP contribution in [-0.4, -0.2) is 168 Å². The Bertz CT molecular complexity index is 5360. The molecule has 8 aromatic rings. The highest BCUT2D eigenvalue weighted by atomic mass is 32.2. The molecule has 794 valence electrons. The van der Waals surface area contributed by atoms with E-state index in [1.165, 1.54) is 224 Å². The lowest BCUT2D eigenvalue weighted by molar-refractivity contribution is 0.111. The van der Waals surface area contributed by atoms with Crippen LogP contribution < -0.4 is 59.8 Å². The first-order valence-corrected chi connectivity index (χ1v) is 53.5. The van der Waals surface area contributed by atoms with Gasteiger partial charge in [0, 0.05) is 109 Å². The van der Waals surface area contributed by atoms with Crippen LogP contribution in [0.25, 0.3) is 0 Å². The molecule has 0 saturated heterocycles. The van der Waals surface area contributed by atoms with Gasteiger partial charge in [0.1, 0.15) is 43.7 Å². The lowest BCUT2D eigenvalue weighted by Gasteiger charge is -2.25. The Hall–Kier alpha value is -12.2. The van der Waals surface area contributed by atoms with E-state index >= 15 is 0 Å². The number of nitrogens with one attached hydrogen (secondary N) is 6. The fraction of sp³-hybridized carbons (Fsp3) is 0.500. The molecule has 144 heavy (non-hydrogen) atoms. The first-order valence-electron chi connectivity index (χ1n) is 50.6. The number of phenolic OH excluding ortho intramolecular Hbond substituents is 3. The van der Waals surface area contributed by atoms with E-state index in [0.29, 0.717) is 83.6 Å². The molecule has 8 rings (SSSR count). The summed E-state index contributed by atoms with van der Waals surface area (Å²) < 4.78 is 76.0. The summed E-state index contributed by atoms with van der Waals surface area (Å²) in [6.07, 6.45) is 35.0. The van der Waals surface area contributed by atoms with E-state index in [9.17, 15) is 71.7 Å². The van der Waals surface area contributed by atoms with Gasteiger partial charge in [-0.15, -0.1) is 0 Å². The molecule has 0 fully saturated rings. The second-order valence-electron chi connectivity index (χ2n) is 35.5. The molecule has 1 atom stereocenters. The number of hydrogen-bond donors (Lipinski definition) is 11. The summed E-state index contributed by atoms with van der Waals surface area (Å²) in [6.45, 7) is 26.6. The molecule has 0 bridgehead atoms. The fourth-order valence-electron chi connectivity index (χ4n) is 15.9. The third kappa shape index (κ3) is 46.2. The maximum atomic E-state index is 12.4. The molecule has 0 aromatic heterocycles. The minimum Gasteiger partial charge on any atom is -0.507 e. The SMILES string of the molecule is CCCCCCCCCCCCN(CCC)c1ccc(NC(=O)OCc2ccc(C=O)c(O)c2)c(C)c1.CCCCCCCCCCCCN(CNS(=O)OC)c1ccc(NC(=O)OCc2ccc(C=O)c(O)c2)c(C)c1.CCCCCCCCN(CC)c1ccc(NC(=O)OCc2ccc(C=O)c(O)c2)c(C)c1.CCN(CCNS(C)(=O)=O)c1ccc(NC(=O)OCc2cc(OC)c(OC)c(O)c2CO)c(C)c1. The standard InChI is InChI=1S/C31H46N2O4.C30H45N3O6S.C26H36N2O4.C23H33N3O8S/c1-4-6-7-8-9-10-11-12-13-14-20-33(19-5-2)28-17-18-29(25(3)21-28)32-31(36)37-24-26-15-16-27(23-34)30(35)22-26;1-4-5-6-7-8-9-10-11-12-13-18-33(23-31-40(37)38-3)27-16-17-28(24(2)19-27)32-30(36)39-22-25-14-15-26(21-34)29(35)20-25;1-4-6-7-8-9-10-15-28(5-2)23-13-14-24(20(3)16-23)27-26(31)32-19-21-11-12-22(18-29)25(30)17-21;1-6-26(10-9-24-35(5,30)31)17-7-8-19(15(2)11-17)25-23(29)34-14-16-12-20(32-3)22(33-4)21(28)18(16)13-27/h15-18,21-23,35H,4-14,19-20,24H2,1-3H3,(H,32,36);14-17,19-21,31,35H,4-13,18,22-23H2,1-3H3,(H,32,36);11-14,16-18,30H,4-10,15,19H2,1-3H3,(H,27,31);7-8,11-12,24,27-28H,6,9-10,13-14H2,1-5H3,(H,25,29). The minimum atomic E-state index is -3.26. The van der Waals surface area contributed by atoms with Crippen molar-refractivity contribution < 1.29 is 104 Å². The average molecular weight is 2040 g/mol. The van der Waals surface area contributed by atoms with Crippen molar-refractivity contribution in [3.05, 3.63) is 200 Å². The Morgan fingerprint density at radius 3 is 1.00 bits per heavy atom. The molecular weight excluding hydrogens is 1880 g/mol. The second-order valence-corrected chi connectivity index (χ2v) is 38.4. The highest BCUT2D eigenvalue weighted by molar-refractivity contribution is 7.88. The van der Waals surface area contributed by atoms with Gasteiger partial charge in [0.2, 0.25) is 27.0 Å². The summed E-state index contributed by atoms with van der Waals surface area (Å²) in [4.78, 5) is 90.7. The first-order chi connectivity index (χ1) is 69.4. The monoisotopic (exact) mass is 2040 g/mol. The zero-order chi connectivity index (χ0) is 106. The maximum Gasteiger partial charge on any atom is 0.411 e. The lowest BCUT2D eigenvalue weighted by atomic mass is 10.1. The number of aromatic hydroxyl groups is 4. The Balaban J connectivity index is 0.000000339. The number of likely N-dealkylation sites (N-methyl/N-ethyl adjacent to an activating group) is 1. The van der Waals surface area contributed by atoms with Gasteiger partial charge in [-0.1, -0.05) is 194 Å². The van der Waals surface area contributed by atoms with E-state index < -0.39 is 52.3 Å². The molecule has 34 heteroatoms. The summed E-state index contributed by atoms with van der Waals surface area (Å²) >= 11 is -1.57. The molecule has 0 heterocycles. The number of aliphatic hydroxyl groups is 1. The van der Waals surface area contributed by atoms with Crippen LogP contribution in [-0.2, 0) is 77.5 Å². The molecule has 0 radical (unpaired) electrons. The van der Waals surface area contributed by atoms with Crippen LogP contribution in [0.5, 0.6) is 34.5 Å². The molecular formula is C110H160N10O22S2. The van der Waals surface area contributed by atoms with Crippen molar-refractivity contribution in [2.75, 3.05) is 127 Å². The van der Waals surface area contributed by atoms with Crippen LogP contribution in [0.4, 0.5) is 64.7 Å². The molecule has 11 N–H and O–H groups in total. The summed E-state index contributed by atoms with van der Waals surface area (Å²) in [5, 5.41) is 60.3. The smallest absolute Gasteiger partial charge is 0.411 e. The Labute approximate surface area is 856 Å². The van der Waals surface area contributed by atoms with Crippen molar-refractivity contribution in [3.63, 3.8) is 0 Å². The molecule has 0 aliphatic carbocycles. The molecule has 0 aliphatic heterocycles. The van der Waals surface area contributed by atoms with Crippen LogP contribution in [0, 0.1) is 27.7 Å². The topological polar surface area (TPSA) is 422 Å². The molecule has 1 unspecified atom stereocenters. The number of carbonyl (C=O) groups is 7. The first kappa shape index (κ1) is 122. The maximum absolute atomic E-state index is 12.4. The Morgan fingerprint density at radius 2 is 0.701 bits per heavy atom. The number of methoxy groups -OCH3 is 2. The van der Waals surface area contributed by atoms with Gasteiger partial charge in [0.15, 0.2) is 30.4 Å². The molecule has 0 aliphatic rings. The zero-order valence-corrected chi connectivity index (χ0v) is 88.8. The molecule has 8 aromatic carbocycles. The molecule has 0 spiro atoms. The van der Waals surface area contributed by atoms with Gasteiger partial charge in [0.05, 0.1) is 57.6 Å². The van der Waals surface area contributed by atoms with Crippen LogP contribution in [0.15, 0.2) is 133 Å². The van der Waals surface area contributed by atoms with E-state index in [0.717, 1.165) is 97.6 Å². The highest BCUT2D eigenvalue weighted by Gasteiger charge is 2.23. The van der Waals surface area contributed by atoms with Crippen molar-refractivity contribution >= 4 is 110 Å². The third-order valence-corrected chi connectivity index (χ3v) is 25.6. The minimum absolute atomic E-state index is 0.00119. The van der Waals surface area contributed by atoms with Crippen LogP contribution in [0.3, 0.4) is 0 Å². The van der Waals surface area contributed by atoms with Crippen molar-refractivity contribution in [1.29, 1.82) is 0 Å². The third-order valence-electron chi connectivity index (χ3n) is 24.3. The lowest BCUT2D eigenvalue weighted by Crippen LogP contribution is -2.36. The number of sulfonamides is 1. The second kappa shape index (κ2) is 69.7. The number of unbranched alkanes of at least 4 members (excludes halogenated alkanes) is 23. The number of amides is 4. The molecule has 32 nitrogen and oxygen atoms in total. The number of ether oxygens (including phenoxy) is 6. The summed E-state index contributed by atoms with van der Waals surface area (Å²) in [5.74, 6) is -0.388. The van der Waals surface area contributed by atoms with Gasteiger partial charge in [-0.3, -0.25) is 39.8 Å². The van der Waals surface area contributed by atoms with Gasteiger partial charge < -0.3 is 73.6 Å². The van der Waals surface area contributed by atoms with E-state index in [2.05, 4.69) is 98.2 Å². The van der Waals surface area contributed by atoms with Crippen LogP contribution >= 0.6 is 0 Å². The van der Waals surface area contributed by atoms with Crippen molar-refractivity contribution in [2.45, 2.75) is 276 Å². The number of aliphatic hydroxyl groups excluding tert-OH is 1. The predicted octanol–water partition coefficient (Wildman–Crippen LogP) is 23.9. The van der Waals surface area contributed by atoms with Crippen LogP contribution in [0.1, 0.15) is 296 Å². The van der Waals surface area contributed by atoms with Crippen molar-refractivity contribution in [2.24, 2.45) is 0 Å². The fourth-order valence-corrected chi connectivity index (χ4v) is 16.8. The Morgan fingerprint density at radius 1 is 0.382 bits per heavy atom. The number of phenols is 4. The zero-order valence-electron chi connectivity index (χ0n) is 87.2. The molecule has 4 amide bonds. The van der Waals surface area contributed by atoms with Crippen LogP contribution in [0.2, 0.25) is 0 Å². The number of carbonyl (C=O) groups excluding carboxylic acids is 7. The quantitative estimate of drug-likeness (QED) is 0.00730. The van der Waals surface area contributed by atoms with Gasteiger partial charge in [0.25, 0.3) is 0 Å². The van der Waals surface area contributed by atoms with Gasteiger partial charge in [-0.2, -0.15) is 4.72 Å². The normalized spacial score (nSPS) is 11.1. The van der Waals surface area contributed by atoms with E-state index in [-0.39, 0.29) is 89.7 Å². The number of rotatable bonds is 63. The van der Waals surface area contributed by atoms with Crippen molar-refractivity contribution in [3.8, 4) is 34.5 Å². The number of anilines is 8. The number of benzene rings is 8. The number of nitrogens with zero attached hydrogens (tertiary/aromatic N) is 4. The van der Waals surface area contributed by atoms with Gasteiger partial charge in [-0.05, 0) is 221 Å². The van der Waals surface area contributed by atoms with E-state index in [1.54, 1.807) is 24.3 Å². The summed E-state index contributed by atoms with van der Waals surface area (Å²) in [5.41, 5.74) is 13.2. The van der Waals surface area contributed by atoms with Gasteiger partial charge in [-0.25, -0.2) is 36.5 Å². The summed E-state index contributed by atoms with van der Waals surface area (Å²) in [6, 6.07) is 38.4. The average Bonchev–Trinajstić information content (AvgIpc) is 0.799. The highest BCUT2D eigenvalue weighted by Crippen LogP contribution is 2.42. The molecule has 0 saturated carbocycles.